The Kier molecular flexibility index (Phi) is 2.19. The van der Waals surface area contributed by atoms with E-state index < -0.39 is 5.97 Å². The first-order valence-electron chi connectivity index (χ1n) is 5.00. The Labute approximate surface area is 101 Å². The monoisotopic (exact) mass is 244 g/mol. The summed E-state index contributed by atoms with van der Waals surface area (Å²) in [5.74, 6) is -0.910. The van der Waals surface area contributed by atoms with Gasteiger partial charge in [-0.1, -0.05) is 6.07 Å². The number of aromatic nitrogens is 2. The fraction of sp³-hybridized carbons (Fsp3) is 0. The van der Waals surface area contributed by atoms with E-state index in [4.69, 9.17) is 5.11 Å². The number of carbonyl (C=O) groups is 1. The summed E-state index contributed by atoms with van der Waals surface area (Å²) in [6.45, 7) is 0. The van der Waals surface area contributed by atoms with Gasteiger partial charge in [-0.15, -0.1) is 11.3 Å². The molecule has 0 bridgehead atoms. The van der Waals surface area contributed by atoms with Crippen LogP contribution in [0.25, 0.3) is 16.0 Å². The average molecular weight is 244 g/mol. The molecule has 3 rings (SSSR count). The van der Waals surface area contributed by atoms with E-state index in [1.165, 1.54) is 11.3 Å². The number of aromatic carboxylic acids is 1. The van der Waals surface area contributed by atoms with E-state index in [0.717, 1.165) is 16.0 Å². The molecule has 1 aromatic carbocycles. The van der Waals surface area contributed by atoms with Crippen molar-refractivity contribution in [3.8, 4) is 5.13 Å². The highest BCUT2D eigenvalue weighted by Crippen LogP contribution is 2.24. The van der Waals surface area contributed by atoms with Gasteiger partial charge in [0.1, 0.15) is 0 Å². The summed E-state index contributed by atoms with van der Waals surface area (Å²) in [6.07, 6.45) is 3.57. The number of fused-ring (bicyclic) bond motifs is 1. The molecule has 5 heteroatoms. The Morgan fingerprint density at radius 3 is 2.94 bits per heavy atom. The molecule has 84 valence electrons. The van der Waals surface area contributed by atoms with Gasteiger partial charge in [0.25, 0.3) is 0 Å². The van der Waals surface area contributed by atoms with Crippen molar-refractivity contribution in [2.24, 2.45) is 0 Å². The molecule has 2 heterocycles. The summed E-state index contributed by atoms with van der Waals surface area (Å²) in [6, 6.07) is 7.05. The summed E-state index contributed by atoms with van der Waals surface area (Å²) in [4.78, 5) is 15.3. The van der Waals surface area contributed by atoms with Crippen molar-refractivity contribution in [2.45, 2.75) is 0 Å². The predicted octanol–water partition coefficient (Wildman–Crippen LogP) is 2.79. The van der Waals surface area contributed by atoms with E-state index in [2.05, 4.69) is 4.98 Å². The summed E-state index contributed by atoms with van der Waals surface area (Å²) in [7, 11) is 0. The van der Waals surface area contributed by atoms with E-state index in [1.807, 2.05) is 22.2 Å². The smallest absolute Gasteiger partial charge is 0.336 e. The Morgan fingerprint density at radius 2 is 2.24 bits per heavy atom. The number of thiazole rings is 1. The maximum Gasteiger partial charge on any atom is 0.336 e. The van der Waals surface area contributed by atoms with E-state index in [1.54, 1.807) is 24.4 Å². The second-order valence-electron chi connectivity index (χ2n) is 3.54. The number of benzene rings is 1. The molecular weight excluding hydrogens is 236 g/mol. The molecule has 3 aromatic rings. The highest BCUT2D eigenvalue weighted by atomic mass is 32.1. The SMILES string of the molecule is O=C(O)c1cccc2c1ccn2-c1nccs1. The van der Waals surface area contributed by atoms with Gasteiger partial charge in [0.2, 0.25) is 0 Å². The molecule has 0 spiro atoms. The highest BCUT2D eigenvalue weighted by molar-refractivity contribution is 7.12. The van der Waals surface area contributed by atoms with Gasteiger partial charge in [-0.2, -0.15) is 0 Å². The summed E-state index contributed by atoms with van der Waals surface area (Å²) in [5, 5.41) is 12.6. The lowest BCUT2D eigenvalue weighted by molar-refractivity contribution is 0.0699. The number of nitrogens with zero attached hydrogens (tertiary/aromatic N) is 2. The van der Waals surface area contributed by atoms with Crippen LogP contribution in [0, 0.1) is 0 Å². The topological polar surface area (TPSA) is 55.1 Å². The van der Waals surface area contributed by atoms with Crippen molar-refractivity contribution >= 4 is 28.2 Å². The third-order valence-electron chi connectivity index (χ3n) is 2.59. The van der Waals surface area contributed by atoms with Gasteiger partial charge in [-0.25, -0.2) is 9.78 Å². The fourth-order valence-electron chi connectivity index (χ4n) is 1.86. The van der Waals surface area contributed by atoms with Gasteiger partial charge in [-0.3, -0.25) is 4.57 Å². The van der Waals surface area contributed by atoms with E-state index >= 15 is 0 Å². The molecule has 0 saturated heterocycles. The molecule has 0 radical (unpaired) electrons. The Hall–Kier alpha value is -2.14. The minimum absolute atomic E-state index is 0.317. The lowest BCUT2D eigenvalue weighted by atomic mass is 10.1. The minimum Gasteiger partial charge on any atom is -0.478 e. The fourth-order valence-corrected chi connectivity index (χ4v) is 2.49. The van der Waals surface area contributed by atoms with Gasteiger partial charge < -0.3 is 5.11 Å². The van der Waals surface area contributed by atoms with Crippen LogP contribution in [-0.4, -0.2) is 20.6 Å². The van der Waals surface area contributed by atoms with Gasteiger partial charge in [0, 0.05) is 23.2 Å². The average Bonchev–Trinajstić information content (AvgIpc) is 2.96. The molecule has 0 aliphatic heterocycles. The van der Waals surface area contributed by atoms with Crippen LogP contribution in [0.15, 0.2) is 42.0 Å². The molecule has 1 N–H and O–H groups in total. The molecular formula is C12H8N2O2S. The maximum atomic E-state index is 11.1. The maximum absolute atomic E-state index is 11.1. The second kappa shape index (κ2) is 3.71. The zero-order valence-electron chi connectivity index (χ0n) is 8.70. The summed E-state index contributed by atoms with van der Waals surface area (Å²) in [5.41, 5.74) is 1.18. The molecule has 0 atom stereocenters. The molecule has 0 fully saturated rings. The van der Waals surface area contributed by atoms with Gasteiger partial charge in [0.05, 0.1) is 11.1 Å². The van der Waals surface area contributed by atoms with Crippen molar-refractivity contribution in [2.75, 3.05) is 0 Å². The Balaban J connectivity index is 2.31. The van der Waals surface area contributed by atoms with E-state index in [9.17, 15) is 4.79 Å². The van der Waals surface area contributed by atoms with Gasteiger partial charge in [0.15, 0.2) is 5.13 Å². The molecule has 0 saturated carbocycles. The number of hydrogen-bond donors (Lipinski definition) is 1. The van der Waals surface area contributed by atoms with Crippen LogP contribution in [0.2, 0.25) is 0 Å². The Bertz CT molecular complexity index is 686. The molecule has 0 aliphatic rings. The molecule has 0 aliphatic carbocycles. The largest absolute Gasteiger partial charge is 0.478 e. The zero-order chi connectivity index (χ0) is 11.8. The molecule has 2 aromatic heterocycles. The van der Waals surface area contributed by atoms with Crippen LogP contribution in [0.1, 0.15) is 10.4 Å². The third-order valence-corrected chi connectivity index (χ3v) is 3.36. The van der Waals surface area contributed by atoms with Crippen LogP contribution >= 0.6 is 11.3 Å². The Morgan fingerprint density at radius 1 is 1.35 bits per heavy atom. The van der Waals surface area contributed by atoms with Crippen molar-refractivity contribution in [3.05, 3.63) is 47.6 Å². The van der Waals surface area contributed by atoms with Crippen LogP contribution in [0.4, 0.5) is 0 Å². The molecule has 0 amide bonds. The number of carboxylic acid groups (broad SMARTS) is 1. The number of hydrogen-bond acceptors (Lipinski definition) is 3. The predicted molar refractivity (Wildman–Crippen MR) is 65.9 cm³/mol. The first-order chi connectivity index (χ1) is 8.27. The molecule has 17 heavy (non-hydrogen) atoms. The van der Waals surface area contributed by atoms with Crippen molar-refractivity contribution < 1.29 is 9.90 Å². The van der Waals surface area contributed by atoms with E-state index in [0.29, 0.717) is 5.56 Å². The zero-order valence-corrected chi connectivity index (χ0v) is 9.52. The molecule has 0 unspecified atom stereocenters. The number of carboxylic acids is 1. The van der Waals surface area contributed by atoms with Gasteiger partial charge in [-0.05, 0) is 18.2 Å². The van der Waals surface area contributed by atoms with Crippen LogP contribution in [-0.2, 0) is 0 Å². The van der Waals surface area contributed by atoms with Gasteiger partial charge >= 0.3 is 5.97 Å². The normalized spacial score (nSPS) is 10.8. The van der Waals surface area contributed by atoms with Crippen LogP contribution < -0.4 is 0 Å². The van der Waals surface area contributed by atoms with Crippen molar-refractivity contribution in [1.29, 1.82) is 0 Å². The lowest BCUT2D eigenvalue weighted by Gasteiger charge is -2.01. The lowest BCUT2D eigenvalue weighted by Crippen LogP contribution is -1.97. The second-order valence-corrected chi connectivity index (χ2v) is 4.42. The van der Waals surface area contributed by atoms with Crippen LogP contribution in [0.3, 0.4) is 0 Å². The third kappa shape index (κ3) is 1.52. The van der Waals surface area contributed by atoms with E-state index in [-0.39, 0.29) is 0 Å². The first-order valence-corrected chi connectivity index (χ1v) is 5.88. The highest BCUT2D eigenvalue weighted by Gasteiger charge is 2.12. The van der Waals surface area contributed by atoms with Crippen molar-refractivity contribution in [1.82, 2.24) is 9.55 Å². The van der Waals surface area contributed by atoms with Crippen LogP contribution in [0.5, 0.6) is 0 Å². The number of rotatable bonds is 2. The minimum atomic E-state index is -0.910. The standard InChI is InChI=1S/C12H8N2O2S/c15-11(16)9-2-1-3-10-8(9)4-6-14(10)12-13-5-7-17-12/h1-7H,(H,15,16). The quantitative estimate of drug-likeness (QED) is 0.754. The molecule has 4 nitrogen and oxygen atoms in total. The first kappa shape index (κ1) is 10.0. The summed E-state index contributed by atoms with van der Waals surface area (Å²) < 4.78 is 1.90. The van der Waals surface area contributed by atoms with Crippen molar-refractivity contribution in [3.63, 3.8) is 0 Å². The summed E-state index contributed by atoms with van der Waals surface area (Å²) >= 11 is 1.51.